The Morgan fingerprint density at radius 1 is 1.03 bits per heavy atom. The SMILES string of the molecule is COc1cccc(N2CCN(C(=O)C(C)n3nc(-n4nc(C)cc4C)ccc3=O)CC2)c1. The first kappa shape index (κ1) is 21.6. The third-order valence-electron chi connectivity index (χ3n) is 5.77. The first-order valence-electron chi connectivity index (χ1n) is 10.7. The predicted molar refractivity (Wildman–Crippen MR) is 122 cm³/mol. The molecule has 1 aromatic carbocycles. The molecule has 168 valence electrons. The van der Waals surface area contributed by atoms with Gasteiger partial charge in [0.1, 0.15) is 11.8 Å². The second kappa shape index (κ2) is 8.86. The summed E-state index contributed by atoms with van der Waals surface area (Å²) in [6.07, 6.45) is 0. The van der Waals surface area contributed by atoms with Gasteiger partial charge in [-0.05, 0) is 45.0 Å². The summed E-state index contributed by atoms with van der Waals surface area (Å²) in [5, 5.41) is 8.87. The Morgan fingerprint density at radius 3 is 2.44 bits per heavy atom. The number of rotatable bonds is 5. The monoisotopic (exact) mass is 436 g/mol. The summed E-state index contributed by atoms with van der Waals surface area (Å²) in [5.41, 5.74) is 2.53. The van der Waals surface area contributed by atoms with Crippen molar-refractivity contribution in [3.63, 3.8) is 0 Å². The number of amides is 1. The van der Waals surface area contributed by atoms with Crippen LogP contribution in [0.25, 0.3) is 5.82 Å². The Bertz CT molecular complexity index is 1180. The lowest BCUT2D eigenvalue weighted by molar-refractivity contribution is -0.135. The van der Waals surface area contributed by atoms with Gasteiger partial charge in [0.2, 0.25) is 5.91 Å². The molecule has 2 aromatic heterocycles. The van der Waals surface area contributed by atoms with Gasteiger partial charge in [-0.15, -0.1) is 5.10 Å². The van der Waals surface area contributed by atoms with Gasteiger partial charge in [0.25, 0.3) is 5.56 Å². The number of methoxy groups -OCH3 is 1. The van der Waals surface area contributed by atoms with Gasteiger partial charge in [-0.1, -0.05) is 6.07 Å². The molecule has 4 rings (SSSR count). The molecular weight excluding hydrogens is 408 g/mol. The minimum Gasteiger partial charge on any atom is -0.497 e. The normalized spacial score (nSPS) is 15.0. The van der Waals surface area contributed by atoms with E-state index in [1.807, 2.05) is 44.2 Å². The van der Waals surface area contributed by atoms with E-state index in [4.69, 9.17) is 4.74 Å². The number of carbonyl (C=O) groups excluding carboxylic acids is 1. The molecule has 9 nitrogen and oxygen atoms in total. The molecule has 1 aliphatic rings. The highest BCUT2D eigenvalue weighted by molar-refractivity contribution is 5.80. The number of hydrogen-bond acceptors (Lipinski definition) is 6. The van der Waals surface area contributed by atoms with Gasteiger partial charge in [-0.25, -0.2) is 9.36 Å². The standard InChI is InChI=1S/C23H28N6O3/c1-16-14-17(2)28(24-16)21-8-9-22(30)29(25-21)18(3)23(31)27-12-10-26(11-13-27)19-6-5-7-20(15-19)32-4/h5-9,14-15,18H,10-13H2,1-4H3. The third kappa shape index (κ3) is 4.23. The summed E-state index contributed by atoms with van der Waals surface area (Å²) in [7, 11) is 1.65. The fourth-order valence-electron chi connectivity index (χ4n) is 4.03. The maximum absolute atomic E-state index is 13.2. The molecule has 9 heteroatoms. The molecule has 32 heavy (non-hydrogen) atoms. The van der Waals surface area contributed by atoms with Crippen LogP contribution in [-0.2, 0) is 4.79 Å². The number of aromatic nitrogens is 4. The van der Waals surface area contributed by atoms with Gasteiger partial charge in [0, 0.05) is 49.7 Å². The van der Waals surface area contributed by atoms with Crippen molar-refractivity contribution in [2.75, 3.05) is 38.2 Å². The Morgan fingerprint density at radius 2 is 1.78 bits per heavy atom. The van der Waals surface area contributed by atoms with Gasteiger partial charge in [0.15, 0.2) is 5.82 Å². The highest BCUT2D eigenvalue weighted by Gasteiger charge is 2.27. The molecule has 1 atom stereocenters. The fourth-order valence-corrected chi connectivity index (χ4v) is 4.03. The summed E-state index contributed by atoms with van der Waals surface area (Å²) in [5.74, 6) is 1.20. The number of piperazine rings is 1. The lowest BCUT2D eigenvalue weighted by atomic mass is 10.2. The van der Waals surface area contributed by atoms with Crippen molar-refractivity contribution in [3.8, 4) is 11.6 Å². The van der Waals surface area contributed by atoms with Gasteiger partial charge in [0.05, 0.1) is 12.8 Å². The second-order valence-electron chi connectivity index (χ2n) is 8.00. The van der Waals surface area contributed by atoms with Crippen LogP contribution in [0, 0.1) is 13.8 Å². The summed E-state index contributed by atoms with van der Waals surface area (Å²) in [6.45, 7) is 8.11. The minimum absolute atomic E-state index is 0.115. The average molecular weight is 437 g/mol. The van der Waals surface area contributed by atoms with Gasteiger partial charge in [-0.2, -0.15) is 5.10 Å². The number of nitrogens with zero attached hydrogens (tertiary/aromatic N) is 6. The molecule has 3 heterocycles. The van der Waals surface area contributed by atoms with Crippen LogP contribution in [0.4, 0.5) is 5.69 Å². The molecule has 0 N–H and O–H groups in total. The van der Waals surface area contributed by atoms with Crippen LogP contribution < -0.4 is 15.2 Å². The summed E-state index contributed by atoms with van der Waals surface area (Å²) in [4.78, 5) is 29.7. The van der Waals surface area contributed by atoms with Crippen LogP contribution in [0.3, 0.4) is 0 Å². The van der Waals surface area contributed by atoms with Crippen LogP contribution in [0.15, 0.2) is 47.3 Å². The molecular formula is C23H28N6O3. The lowest BCUT2D eigenvalue weighted by Gasteiger charge is -2.37. The first-order valence-corrected chi connectivity index (χ1v) is 10.7. The van der Waals surface area contributed by atoms with Crippen molar-refractivity contribution < 1.29 is 9.53 Å². The van der Waals surface area contributed by atoms with Crippen molar-refractivity contribution in [1.29, 1.82) is 0 Å². The summed E-state index contributed by atoms with van der Waals surface area (Å²) >= 11 is 0. The zero-order valence-corrected chi connectivity index (χ0v) is 18.9. The molecule has 3 aromatic rings. The largest absolute Gasteiger partial charge is 0.497 e. The molecule has 1 fully saturated rings. The van der Waals surface area contributed by atoms with E-state index in [1.54, 1.807) is 29.7 Å². The zero-order chi connectivity index (χ0) is 22.8. The first-order chi connectivity index (χ1) is 15.4. The molecule has 1 unspecified atom stereocenters. The van der Waals surface area contributed by atoms with Gasteiger partial charge >= 0.3 is 0 Å². The molecule has 1 aliphatic heterocycles. The van der Waals surface area contributed by atoms with Crippen LogP contribution in [0.5, 0.6) is 5.75 Å². The van der Waals surface area contributed by atoms with E-state index in [0.717, 1.165) is 22.8 Å². The Hall–Kier alpha value is -3.62. The van der Waals surface area contributed by atoms with E-state index in [9.17, 15) is 9.59 Å². The third-order valence-corrected chi connectivity index (χ3v) is 5.77. The molecule has 1 saturated heterocycles. The van der Waals surface area contributed by atoms with E-state index in [0.29, 0.717) is 32.0 Å². The summed E-state index contributed by atoms with van der Waals surface area (Å²) in [6, 6.07) is 12.2. The van der Waals surface area contributed by atoms with E-state index in [2.05, 4.69) is 15.1 Å². The highest BCUT2D eigenvalue weighted by Crippen LogP contribution is 2.22. The molecule has 0 bridgehead atoms. The van der Waals surface area contributed by atoms with E-state index in [-0.39, 0.29) is 11.5 Å². The Labute approximate surface area is 186 Å². The smallest absolute Gasteiger partial charge is 0.267 e. The minimum atomic E-state index is -0.706. The van der Waals surface area contributed by atoms with Crippen molar-refractivity contribution >= 4 is 11.6 Å². The Balaban J connectivity index is 1.48. The van der Waals surface area contributed by atoms with Crippen LogP contribution in [0.1, 0.15) is 24.4 Å². The molecule has 0 spiro atoms. The molecule has 0 radical (unpaired) electrons. The maximum atomic E-state index is 13.2. The Kier molecular flexibility index (Phi) is 5.98. The second-order valence-corrected chi connectivity index (χ2v) is 8.00. The van der Waals surface area contributed by atoms with Crippen molar-refractivity contribution in [1.82, 2.24) is 24.5 Å². The topological polar surface area (TPSA) is 85.5 Å². The van der Waals surface area contributed by atoms with Crippen molar-refractivity contribution in [2.24, 2.45) is 0 Å². The predicted octanol–water partition coefficient (Wildman–Crippen LogP) is 1.96. The fraction of sp³-hybridized carbons (Fsp3) is 0.391. The molecule has 0 saturated carbocycles. The number of benzene rings is 1. The van der Waals surface area contributed by atoms with Crippen LogP contribution in [0.2, 0.25) is 0 Å². The number of ether oxygens (including phenoxy) is 1. The van der Waals surface area contributed by atoms with Crippen molar-refractivity contribution in [3.05, 3.63) is 64.2 Å². The van der Waals surface area contributed by atoms with E-state index < -0.39 is 6.04 Å². The van der Waals surface area contributed by atoms with Gasteiger partial charge < -0.3 is 14.5 Å². The number of carbonyl (C=O) groups is 1. The zero-order valence-electron chi connectivity index (χ0n) is 18.9. The molecule has 0 aliphatic carbocycles. The number of hydrogen-bond donors (Lipinski definition) is 0. The highest BCUT2D eigenvalue weighted by atomic mass is 16.5. The average Bonchev–Trinajstić information content (AvgIpc) is 3.16. The molecule has 1 amide bonds. The van der Waals surface area contributed by atoms with E-state index >= 15 is 0 Å². The maximum Gasteiger partial charge on any atom is 0.267 e. The lowest BCUT2D eigenvalue weighted by Crippen LogP contribution is -2.51. The van der Waals surface area contributed by atoms with Crippen LogP contribution in [-0.4, -0.2) is 63.7 Å². The number of aryl methyl sites for hydroxylation is 2. The van der Waals surface area contributed by atoms with Crippen molar-refractivity contribution in [2.45, 2.75) is 26.8 Å². The van der Waals surface area contributed by atoms with Crippen LogP contribution >= 0.6 is 0 Å². The van der Waals surface area contributed by atoms with Gasteiger partial charge in [-0.3, -0.25) is 9.59 Å². The quantitative estimate of drug-likeness (QED) is 0.608. The summed E-state index contributed by atoms with van der Waals surface area (Å²) < 4.78 is 8.24. The number of anilines is 1. The van der Waals surface area contributed by atoms with E-state index in [1.165, 1.54) is 10.7 Å².